The van der Waals surface area contributed by atoms with E-state index in [9.17, 15) is 4.79 Å². The Bertz CT molecular complexity index is 1260. The van der Waals surface area contributed by atoms with Crippen LogP contribution in [0.4, 0.5) is 5.69 Å². The Hall–Kier alpha value is -3.56. The van der Waals surface area contributed by atoms with Gasteiger partial charge in [0.25, 0.3) is 5.91 Å². The molecule has 0 aliphatic carbocycles. The minimum Gasteiger partial charge on any atom is -0.304 e. The van der Waals surface area contributed by atoms with E-state index in [4.69, 9.17) is 0 Å². The molecule has 156 valence electrons. The second kappa shape index (κ2) is 8.89. The summed E-state index contributed by atoms with van der Waals surface area (Å²) in [7, 11) is 0. The van der Waals surface area contributed by atoms with E-state index in [0.29, 0.717) is 6.54 Å². The molecule has 0 radical (unpaired) electrons. The standard InChI is InChI=1S/C29H23NOS/c1-2-21-16-18-22(19-17-21)20-30-27-15-9-8-14-26(27)28(32-23-10-4-3-5-11-23)24-12-6-7-13-25(24)29(30)31/h2-19,28H,1,20H2/t28-/m0/s1. The highest BCUT2D eigenvalue weighted by Gasteiger charge is 2.32. The average molecular weight is 434 g/mol. The van der Waals surface area contributed by atoms with Crippen molar-refractivity contribution in [2.24, 2.45) is 0 Å². The SMILES string of the molecule is C=Cc1ccc(CN2C(=O)c3ccccc3[C@H](Sc3ccccc3)c3ccccc32)cc1. The van der Waals surface area contributed by atoms with Crippen LogP contribution in [0.1, 0.15) is 37.9 Å². The van der Waals surface area contributed by atoms with Crippen LogP contribution in [0.25, 0.3) is 6.08 Å². The Morgan fingerprint density at radius 2 is 1.44 bits per heavy atom. The summed E-state index contributed by atoms with van der Waals surface area (Å²) >= 11 is 1.79. The first-order valence-corrected chi connectivity index (χ1v) is 11.6. The highest BCUT2D eigenvalue weighted by atomic mass is 32.2. The summed E-state index contributed by atoms with van der Waals surface area (Å²) in [5.41, 5.74) is 6.10. The van der Waals surface area contributed by atoms with Gasteiger partial charge in [-0.25, -0.2) is 0 Å². The third-order valence-corrected chi connectivity index (χ3v) is 7.07. The van der Waals surface area contributed by atoms with Crippen molar-refractivity contribution >= 4 is 29.4 Å². The fourth-order valence-electron chi connectivity index (χ4n) is 4.16. The fraction of sp³-hybridized carbons (Fsp3) is 0.0690. The molecular weight excluding hydrogens is 410 g/mol. The highest BCUT2D eigenvalue weighted by molar-refractivity contribution is 7.99. The number of hydrogen-bond donors (Lipinski definition) is 0. The van der Waals surface area contributed by atoms with E-state index < -0.39 is 0 Å². The van der Waals surface area contributed by atoms with Crippen LogP contribution in [-0.4, -0.2) is 5.91 Å². The summed E-state index contributed by atoms with van der Waals surface area (Å²) in [6.07, 6.45) is 1.83. The molecule has 0 aromatic heterocycles. The Morgan fingerprint density at radius 3 is 2.19 bits per heavy atom. The van der Waals surface area contributed by atoms with Gasteiger partial charge in [0.2, 0.25) is 0 Å². The van der Waals surface area contributed by atoms with Crippen LogP contribution in [0.15, 0.2) is 115 Å². The van der Waals surface area contributed by atoms with E-state index in [1.54, 1.807) is 11.8 Å². The number of carbonyl (C=O) groups excluding carboxylic acids is 1. The summed E-state index contributed by atoms with van der Waals surface area (Å²) in [5, 5.41) is 0.0295. The van der Waals surface area contributed by atoms with Crippen molar-refractivity contribution in [3.05, 3.63) is 138 Å². The van der Waals surface area contributed by atoms with E-state index in [0.717, 1.165) is 33.5 Å². The van der Waals surface area contributed by atoms with E-state index >= 15 is 0 Å². The van der Waals surface area contributed by atoms with E-state index in [2.05, 4.69) is 67.2 Å². The number of anilines is 1. The first-order chi connectivity index (χ1) is 15.7. The van der Waals surface area contributed by atoms with Crippen LogP contribution >= 0.6 is 11.8 Å². The number of carbonyl (C=O) groups is 1. The number of benzene rings is 4. The summed E-state index contributed by atoms with van der Waals surface area (Å²) in [4.78, 5) is 16.9. The highest BCUT2D eigenvalue weighted by Crippen LogP contribution is 2.47. The summed E-state index contributed by atoms with van der Waals surface area (Å²) < 4.78 is 0. The van der Waals surface area contributed by atoms with Crippen molar-refractivity contribution in [1.82, 2.24) is 0 Å². The summed E-state index contributed by atoms with van der Waals surface area (Å²) in [5.74, 6) is 0.0389. The maximum Gasteiger partial charge on any atom is 0.258 e. The molecule has 0 N–H and O–H groups in total. The molecule has 32 heavy (non-hydrogen) atoms. The van der Waals surface area contributed by atoms with Gasteiger partial charge in [0.1, 0.15) is 0 Å². The molecule has 4 aromatic carbocycles. The van der Waals surface area contributed by atoms with Crippen molar-refractivity contribution in [3.8, 4) is 0 Å². The van der Waals surface area contributed by atoms with E-state index in [-0.39, 0.29) is 11.2 Å². The minimum atomic E-state index is 0.0295. The quantitative estimate of drug-likeness (QED) is 0.327. The lowest BCUT2D eigenvalue weighted by Gasteiger charge is -2.24. The maximum absolute atomic E-state index is 13.8. The number of fused-ring (bicyclic) bond motifs is 2. The van der Waals surface area contributed by atoms with Crippen molar-refractivity contribution in [2.75, 3.05) is 4.90 Å². The van der Waals surface area contributed by atoms with Crippen LogP contribution in [0.3, 0.4) is 0 Å². The van der Waals surface area contributed by atoms with E-state index in [1.165, 1.54) is 4.90 Å². The lowest BCUT2D eigenvalue weighted by Crippen LogP contribution is -2.30. The predicted molar refractivity (Wildman–Crippen MR) is 134 cm³/mol. The lowest BCUT2D eigenvalue weighted by molar-refractivity contribution is 0.0985. The molecular formula is C29H23NOS. The second-order valence-electron chi connectivity index (χ2n) is 7.79. The monoisotopic (exact) mass is 433 g/mol. The molecule has 1 aliphatic heterocycles. The van der Waals surface area contributed by atoms with Gasteiger partial charge in [0, 0.05) is 16.1 Å². The maximum atomic E-state index is 13.8. The van der Waals surface area contributed by atoms with Gasteiger partial charge in [0.05, 0.1) is 11.8 Å². The zero-order valence-corrected chi connectivity index (χ0v) is 18.5. The molecule has 0 unspecified atom stereocenters. The Morgan fingerprint density at radius 1 is 0.781 bits per heavy atom. The van der Waals surface area contributed by atoms with Gasteiger partial charge >= 0.3 is 0 Å². The first-order valence-electron chi connectivity index (χ1n) is 10.7. The number of rotatable bonds is 5. The largest absolute Gasteiger partial charge is 0.304 e. The summed E-state index contributed by atoms with van der Waals surface area (Å²) in [6, 6.07) is 34.9. The molecule has 4 aromatic rings. The third kappa shape index (κ3) is 3.88. The number of hydrogen-bond acceptors (Lipinski definition) is 2. The number of nitrogens with zero attached hydrogens (tertiary/aromatic N) is 1. The van der Waals surface area contributed by atoms with Crippen molar-refractivity contribution < 1.29 is 4.79 Å². The molecule has 3 heteroatoms. The molecule has 0 saturated carbocycles. The van der Waals surface area contributed by atoms with Crippen molar-refractivity contribution in [1.29, 1.82) is 0 Å². The Labute approximate surface area is 193 Å². The number of para-hydroxylation sites is 1. The molecule has 1 atom stereocenters. The molecule has 0 spiro atoms. The van der Waals surface area contributed by atoms with Crippen LogP contribution < -0.4 is 4.90 Å². The zero-order chi connectivity index (χ0) is 21.9. The minimum absolute atomic E-state index is 0.0295. The molecule has 1 amide bonds. The molecule has 0 saturated heterocycles. The number of amides is 1. The molecule has 2 nitrogen and oxygen atoms in total. The van der Waals surface area contributed by atoms with Crippen LogP contribution in [0, 0.1) is 0 Å². The van der Waals surface area contributed by atoms with Gasteiger partial charge in [-0.15, -0.1) is 11.8 Å². The molecule has 0 fully saturated rings. The molecule has 1 aliphatic rings. The average Bonchev–Trinajstić information content (AvgIpc) is 2.95. The lowest BCUT2D eigenvalue weighted by atomic mass is 10.00. The smallest absolute Gasteiger partial charge is 0.258 e. The Balaban J connectivity index is 1.63. The molecule has 5 rings (SSSR count). The first kappa shape index (κ1) is 20.3. The van der Waals surface area contributed by atoms with Gasteiger partial charge in [-0.3, -0.25) is 4.79 Å². The van der Waals surface area contributed by atoms with Gasteiger partial charge in [-0.05, 0) is 46.5 Å². The predicted octanol–water partition coefficient (Wildman–Crippen LogP) is 7.37. The fourth-order valence-corrected chi connectivity index (χ4v) is 5.40. The van der Waals surface area contributed by atoms with Gasteiger partial charge < -0.3 is 4.90 Å². The van der Waals surface area contributed by atoms with Crippen LogP contribution in [0.5, 0.6) is 0 Å². The van der Waals surface area contributed by atoms with Crippen LogP contribution in [0.2, 0.25) is 0 Å². The van der Waals surface area contributed by atoms with Crippen molar-refractivity contribution in [3.63, 3.8) is 0 Å². The van der Waals surface area contributed by atoms with Crippen molar-refractivity contribution in [2.45, 2.75) is 16.7 Å². The zero-order valence-electron chi connectivity index (χ0n) is 17.6. The van der Waals surface area contributed by atoms with Gasteiger partial charge in [-0.2, -0.15) is 0 Å². The summed E-state index contributed by atoms with van der Waals surface area (Å²) in [6.45, 7) is 4.35. The third-order valence-electron chi connectivity index (χ3n) is 5.78. The number of thioether (sulfide) groups is 1. The van der Waals surface area contributed by atoms with Gasteiger partial charge in [-0.1, -0.05) is 91.5 Å². The van der Waals surface area contributed by atoms with E-state index in [1.807, 2.05) is 53.4 Å². The molecule has 1 heterocycles. The second-order valence-corrected chi connectivity index (χ2v) is 8.97. The normalized spacial score (nSPS) is 14.9. The van der Waals surface area contributed by atoms with Gasteiger partial charge in [0.15, 0.2) is 0 Å². The van der Waals surface area contributed by atoms with Crippen LogP contribution in [-0.2, 0) is 6.54 Å². The molecule has 0 bridgehead atoms. The topological polar surface area (TPSA) is 20.3 Å². The Kier molecular flexibility index (Phi) is 5.66.